The van der Waals surface area contributed by atoms with Crippen LogP contribution in [0.4, 0.5) is 23.2 Å². The van der Waals surface area contributed by atoms with E-state index in [4.69, 9.17) is 5.73 Å². The topological polar surface area (TPSA) is 43.1 Å². The summed E-state index contributed by atoms with van der Waals surface area (Å²) in [6, 6.07) is 3.83. The maximum Gasteiger partial charge on any atom is 0.201 e. The number of halogens is 4. The molecule has 0 radical (unpaired) electrons. The highest BCUT2D eigenvalue weighted by molar-refractivity contribution is 6.10. The van der Waals surface area contributed by atoms with Gasteiger partial charge in [0.1, 0.15) is 17.5 Å². The van der Waals surface area contributed by atoms with Gasteiger partial charge in [-0.1, -0.05) is 0 Å². The first-order chi connectivity index (χ1) is 8.91. The van der Waals surface area contributed by atoms with Crippen LogP contribution >= 0.6 is 0 Å². The van der Waals surface area contributed by atoms with Crippen LogP contribution in [0, 0.1) is 23.3 Å². The number of hydrogen-bond acceptors (Lipinski definition) is 2. The Labute approximate surface area is 105 Å². The van der Waals surface area contributed by atoms with Crippen molar-refractivity contribution in [3.63, 3.8) is 0 Å². The summed E-state index contributed by atoms with van der Waals surface area (Å²) in [4.78, 5) is 11.9. The molecule has 2 N–H and O–H groups in total. The zero-order chi connectivity index (χ0) is 14.2. The molecule has 2 nitrogen and oxygen atoms in total. The fraction of sp³-hybridized carbons (Fsp3) is 0. The Morgan fingerprint density at radius 3 is 2.26 bits per heavy atom. The first kappa shape index (κ1) is 13.1. The Morgan fingerprint density at radius 1 is 0.947 bits per heavy atom. The molecular formula is C13H7F4NO. The number of carbonyl (C=O) groups is 1. The third kappa shape index (κ3) is 2.29. The Balaban J connectivity index is 2.59. The molecule has 0 atom stereocenters. The molecule has 19 heavy (non-hydrogen) atoms. The van der Waals surface area contributed by atoms with Crippen molar-refractivity contribution in [3.8, 4) is 0 Å². The summed E-state index contributed by atoms with van der Waals surface area (Å²) in [7, 11) is 0. The van der Waals surface area contributed by atoms with Crippen molar-refractivity contribution in [1.29, 1.82) is 0 Å². The van der Waals surface area contributed by atoms with Gasteiger partial charge in [-0.2, -0.15) is 0 Å². The minimum absolute atomic E-state index is 0.438. The molecule has 6 heteroatoms. The fourth-order valence-electron chi connectivity index (χ4n) is 1.59. The minimum atomic E-state index is -1.27. The molecule has 0 aliphatic heterocycles. The molecular weight excluding hydrogens is 262 g/mol. The van der Waals surface area contributed by atoms with Crippen molar-refractivity contribution < 1.29 is 22.4 Å². The van der Waals surface area contributed by atoms with Gasteiger partial charge in [-0.3, -0.25) is 4.79 Å². The molecule has 0 heterocycles. The summed E-state index contributed by atoms with van der Waals surface area (Å²) in [5, 5.41) is 0. The van der Waals surface area contributed by atoms with E-state index in [9.17, 15) is 22.4 Å². The molecule has 0 unspecified atom stereocenters. The monoisotopic (exact) mass is 269 g/mol. The smallest absolute Gasteiger partial charge is 0.201 e. The van der Waals surface area contributed by atoms with Gasteiger partial charge in [0.15, 0.2) is 5.82 Å². The Kier molecular flexibility index (Phi) is 3.25. The third-order valence-corrected chi connectivity index (χ3v) is 2.52. The van der Waals surface area contributed by atoms with E-state index in [-0.39, 0.29) is 0 Å². The number of anilines is 1. The molecule has 0 aliphatic rings. The van der Waals surface area contributed by atoms with Gasteiger partial charge < -0.3 is 5.73 Å². The predicted molar refractivity (Wildman–Crippen MR) is 60.6 cm³/mol. The number of nitrogen functional groups attached to an aromatic ring is 1. The zero-order valence-corrected chi connectivity index (χ0v) is 9.38. The lowest BCUT2D eigenvalue weighted by molar-refractivity contribution is 0.102. The standard InChI is InChI=1S/C13H7F4NO/c14-6-1-2-7(9(16)5-6)13(19)11-8(15)3-4-10(18)12(11)17/h1-5H,18H2. The van der Waals surface area contributed by atoms with E-state index < -0.39 is 45.9 Å². The molecule has 2 rings (SSSR count). The van der Waals surface area contributed by atoms with Crippen molar-refractivity contribution in [2.75, 3.05) is 5.73 Å². The number of rotatable bonds is 2. The van der Waals surface area contributed by atoms with Crippen LogP contribution in [0.25, 0.3) is 0 Å². The van der Waals surface area contributed by atoms with Crippen LogP contribution in [-0.2, 0) is 0 Å². The highest BCUT2D eigenvalue weighted by Crippen LogP contribution is 2.23. The van der Waals surface area contributed by atoms with E-state index in [1.165, 1.54) is 0 Å². The Hall–Kier alpha value is -2.37. The second kappa shape index (κ2) is 4.72. The van der Waals surface area contributed by atoms with E-state index in [0.29, 0.717) is 6.07 Å². The Morgan fingerprint density at radius 2 is 1.63 bits per heavy atom. The number of benzene rings is 2. The van der Waals surface area contributed by atoms with Gasteiger partial charge in [0.05, 0.1) is 16.8 Å². The highest BCUT2D eigenvalue weighted by Gasteiger charge is 2.23. The van der Waals surface area contributed by atoms with Gasteiger partial charge >= 0.3 is 0 Å². The van der Waals surface area contributed by atoms with Crippen molar-refractivity contribution in [2.24, 2.45) is 0 Å². The van der Waals surface area contributed by atoms with E-state index in [2.05, 4.69) is 0 Å². The van der Waals surface area contributed by atoms with Crippen LogP contribution in [0.2, 0.25) is 0 Å². The molecule has 0 amide bonds. The summed E-state index contributed by atoms with van der Waals surface area (Å²) in [5.74, 6) is -5.78. The maximum absolute atomic E-state index is 13.6. The van der Waals surface area contributed by atoms with Gasteiger partial charge in [-0.05, 0) is 24.3 Å². The first-order valence-corrected chi connectivity index (χ1v) is 5.15. The average molecular weight is 269 g/mol. The van der Waals surface area contributed by atoms with Crippen molar-refractivity contribution >= 4 is 11.5 Å². The lowest BCUT2D eigenvalue weighted by Crippen LogP contribution is -2.11. The van der Waals surface area contributed by atoms with Crippen molar-refractivity contribution in [3.05, 3.63) is 64.7 Å². The van der Waals surface area contributed by atoms with E-state index >= 15 is 0 Å². The molecule has 0 aliphatic carbocycles. The van der Waals surface area contributed by atoms with Crippen molar-refractivity contribution in [1.82, 2.24) is 0 Å². The van der Waals surface area contributed by atoms with Crippen LogP contribution in [0.1, 0.15) is 15.9 Å². The van der Waals surface area contributed by atoms with Crippen LogP contribution in [0.15, 0.2) is 30.3 Å². The molecule has 2 aromatic rings. The number of hydrogen-bond donors (Lipinski definition) is 1. The van der Waals surface area contributed by atoms with Gasteiger partial charge in [-0.15, -0.1) is 0 Å². The average Bonchev–Trinajstić information content (AvgIpc) is 2.34. The first-order valence-electron chi connectivity index (χ1n) is 5.15. The van der Waals surface area contributed by atoms with Crippen LogP contribution in [0.5, 0.6) is 0 Å². The quantitative estimate of drug-likeness (QED) is 0.517. The lowest BCUT2D eigenvalue weighted by atomic mass is 10.0. The molecule has 0 saturated carbocycles. The summed E-state index contributed by atoms with van der Waals surface area (Å²) in [5.41, 5.74) is 3.18. The van der Waals surface area contributed by atoms with E-state index in [0.717, 1.165) is 24.3 Å². The molecule has 2 aromatic carbocycles. The normalized spacial score (nSPS) is 10.5. The zero-order valence-electron chi connectivity index (χ0n) is 9.38. The second-order valence-electron chi connectivity index (χ2n) is 3.78. The lowest BCUT2D eigenvalue weighted by Gasteiger charge is -2.07. The third-order valence-electron chi connectivity index (χ3n) is 2.52. The molecule has 0 bridgehead atoms. The van der Waals surface area contributed by atoms with E-state index in [1.807, 2.05) is 0 Å². The summed E-state index contributed by atoms with van der Waals surface area (Å²) >= 11 is 0. The number of ketones is 1. The van der Waals surface area contributed by atoms with Gasteiger partial charge in [0.25, 0.3) is 0 Å². The van der Waals surface area contributed by atoms with Gasteiger partial charge in [0, 0.05) is 6.07 Å². The largest absolute Gasteiger partial charge is 0.396 e. The van der Waals surface area contributed by atoms with Gasteiger partial charge in [-0.25, -0.2) is 17.6 Å². The number of carbonyl (C=O) groups excluding carboxylic acids is 1. The molecule has 98 valence electrons. The summed E-state index contributed by atoms with van der Waals surface area (Å²) < 4.78 is 53.2. The molecule has 0 aromatic heterocycles. The van der Waals surface area contributed by atoms with Crippen LogP contribution < -0.4 is 5.73 Å². The van der Waals surface area contributed by atoms with E-state index in [1.54, 1.807) is 0 Å². The fourth-order valence-corrected chi connectivity index (χ4v) is 1.59. The molecule has 0 spiro atoms. The number of nitrogens with two attached hydrogens (primary N) is 1. The van der Waals surface area contributed by atoms with Crippen LogP contribution in [-0.4, -0.2) is 5.78 Å². The molecule has 0 fully saturated rings. The van der Waals surface area contributed by atoms with Gasteiger partial charge in [0.2, 0.25) is 5.78 Å². The highest BCUT2D eigenvalue weighted by atomic mass is 19.1. The molecule has 0 saturated heterocycles. The summed E-state index contributed by atoms with van der Waals surface area (Å²) in [6.45, 7) is 0. The van der Waals surface area contributed by atoms with Crippen molar-refractivity contribution in [2.45, 2.75) is 0 Å². The maximum atomic E-state index is 13.6. The minimum Gasteiger partial charge on any atom is -0.396 e. The predicted octanol–water partition coefficient (Wildman–Crippen LogP) is 3.06. The second-order valence-corrected chi connectivity index (χ2v) is 3.78. The SMILES string of the molecule is Nc1ccc(F)c(C(=O)c2ccc(F)cc2F)c1F. The Bertz CT molecular complexity index is 670. The summed E-state index contributed by atoms with van der Waals surface area (Å²) in [6.07, 6.45) is 0. The van der Waals surface area contributed by atoms with Crippen LogP contribution in [0.3, 0.4) is 0 Å².